The number of para-hydroxylation sites is 2. The van der Waals surface area contributed by atoms with Gasteiger partial charge in [0.05, 0.1) is 38.3 Å². The summed E-state index contributed by atoms with van der Waals surface area (Å²) in [7, 11) is 4.21. The van der Waals surface area contributed by atoms with E-state index in [9.17, 15) is 4.79 Å². The van der Waals surface area contributed by atoms with Crippen LogP contribution in [0, 0.1) is 0 Å². The summed E-state index contributed by atoms with van der Waals surface area (Å²) in [5.74, 6) is -0.0796. The van der Waals surface area contributed by atoms with Gasteiger partial charge in [-0.15, -0.1) is 0 Å². The maximum atomic E-state index is 12.4. The number of esters is 1. The van der Waals surface area contributed by atoms with Crippen molar-refractivity contribution in [2.24, 2.45) is 0 Å². The molecule has 0 radical (unpaired) electrons. The number of nitrogen functional groups attached to an aromatic ring is 1. The van der Waals surface area contributed by atoms with Crippen LogP contribution in [0.5, 0.6) is 0 Å². The smallest absolute Gasteiger partial charge is 0.344 e. The molecule has 0 fully saturated rings. The number of ether oxygens (including phenoxy) is 1. The number of hydrogen-bond donors (Lipinski definition) is 2. The van der Waals surface area contributed by atoms with Gasteiger partial charge in [-0.1, -0.05) is 12.1 Å². The molecule has 0 aliphatic heterocycles. The molecule has 0 spiro atoms. The Morgan fingerprint density at radius 3 is 2.56 bits per heavy atom. The Bertz CT molecular complexity index is 917. The van der Waals surface area contributed by atoms with Gasteiger partial charge in [0.15, 0.2) is 5.65 Å². The maximum Gasteiger partial charge on any atom is 0.344 e. The minimum absolute atomic E-state index is 0.288. The first-order valence-electron chi connectivity index (χ1n) is 8.53. The average molecular weight is 342 g/mol. The molecule has 0 amide bonds. The van der Waals surface area contributed by atoms with E-state index in [2.05, 4.69) is 19.1 Å². The van der Waals surface area contributed by atoms with Crippen molar-refractivity contribution in [1.29, 1.82) is 0 Å². The first-order valence-corrected chi connectivity index (χ1v) is 8.53. The Morgan fingerprint density at radius 2 is 1.92 bits per heavy atom. The SMILES string of the molecule is CCOC(=O)c1c(N)n(CCC[NH+](C)C)c2nc3ccccc3nc12. The summed E-state index contributed by atoms with van der Waals surface area (Å²) in [6.45, 7) is 3.74. The molecule has 25 heavy (non-hydrogen) atoms. The molecule has 0 aliphatic rings. The highest BCUT2D eigenvalue weighted by Crippen LogP contribution is 2.28. The van der Waals surface area contributed by atoms with Gasteiger partial charge in [-0.25, -0.2) is 14.8 Å². The number of fused-ring (bicyclic) bond motifs is 2. The first kappa shape index (κ1) is 17.2. The second-order valence-corrected chi connectivity index (χ2v) is 6.33. The van der Waals surface area contributed by atoms with Gasteiger partial charge in [-0.3, -0.25) is 0 Å². The normalized spacial score (nSPS) is 11.5. The quantitative estimate of drug-likeness (QED) is 0.649. The van der Waals surface area contributed by atoms with Crippen LogP contribution in [-0.2, 0) is 11.3 Å². The van der Waals surface area contributed by atoms with Crippen molar-refractivity contribution in [2.75, 3.05) is 33.0 Å². The fourth-order valence-electron chi connectivity index (χ4n) is 2.94. The molecule has 0 saturated carbocycles. The van der Waals surface area contributed by atoms with E-state index in [0.717, 1.165) is 24.0 Å². The molecule has 0 bridgehead atoms. The second-order valence-electron chi connectivity index (χ2n) is 6.33. The summed E-state index contributed by atoms with van der Waals surface area (Å²) in [5, 5.41) is 0. The van der Waals surface area contributed by atoms with Gasteiger partial charge < -0.3 is 19.9 Å². The second kappa shape index (κ2) is 7.06. The van der Waals surface area contributed by atoms with Crippen molar-refractivity contribution in [3.63, 3.8) is 0 Å². The zero-order valence-electron chi connectivity index (χ0n) is 14.9. The number of aryl methyl sites for hydroxylation is 1. The van der Waals surface area contributed by atoms with Crippen molar-refractivity contribution < 1.29 is 14.4 Å². The van der Waals surface area contributed by atoms with Crippen LogP contribution in [0.3, 0.4) is 0 Å². The van der Waals surface area contributed by atoms with Crippen molar-refractivity contribution in [1.82, 2.24) is 14.5 Å². The number of quaternary nitrogens is 1. The number of rotatable bonds is 6. The summed E-state index contributed by atoms with van der Waals surface area (Å²) in [6.07, 6.45) is 0.924. The van der Waals surface area contributed by atoms with E-state index >= 15 is 0 Å². The van der Waals surface area contributed by atoms with Crippen molar-refractivity contribution in [2.45, 2.75) is 19.9 Å². The molecule has 0 atom stereocenters. The number of aromatic nitrogens is 3. The Labute approximate surface area is 146 Å². The molecule has 0 saturated heterocycles. The number of anilines is 1. The van der Waals surface area contributed by atoms with E-state index < -0.39 is 5.97 Å². The molecule has 3 rings (SSSR count). The average Bonchev–Trinajstić information content (AvgIpc) is 2.84. The van der Waals surface area contributed by atoms with Crippen LogP contribution >= 0.6 is 0 Å². The number of nitrogens with two attached hydrogens (primary N) is 1. The summed E-state index contributed by atoms with van der Waals surface area (Å²) >= 11 is 0. The zero-order chi connectivity index (χ0) is 18.0. The summed E-state index contributed by atoms with van der Waals surface area (Å²) in [5.41, 5.74) is 9.27. The van der Waals surface area contributed by atoms with Crippen molar-refractivity contribution >= 4 is 34.0 Å². The fraction of sp³-hybridized carbons (Fsp3) is 0.389. The summed E-state index contributed by atoms with van der Waals surface area (Å²) in [6, 6.07) is 7.59. The number of carbonyl (C=O) groups is 1. The lowest BCUT2D eigenvalue weighted by Crippen LogP contribution is -3.05. The topological polar surface area (TPSA) is 87.5 Å². The van der Waals surface area contributed by atoms with Gasteiger partial charge in [0.2, 0.25) is 0 Å². The zero-order valence-corrected chi connectivity index (χ0v) is 14.9. The lowest BCUT2D eigenvalue weighted by Gasteiger charge is -2.10. The molecule has 2 heterocycles. The van der Waals surface area contributed by atoms with Crippen LogP contribution < -0.4 is 10.6 Å². The van der Waals surface area contributed by atoms with Gasteiger partial charge in [-0.05, 0) is 19.1 Å². The molecule has 3 N–H and O–H groups in total. The highest BCUT2D eigenvalue weighted by atomic mass is 16.5. The monoisotopic (exact) mass is 342 g/mol. The van der Waals surface area contributed by atoms with Crippen LogP contribution in [0.1, 0.15) is 23.7 Å². The number of nitrogens with one attached hydrogen (secondary N) is 1. The van der Waals surface area contributed by atoms with Gasteiger partial charge in [0.25, 0.3) is 0 Å². The molecule has 0 aliphatic carbocycles. The van der Waals surface area contributed by atoms with E-state index in [-0.39, 0.29) is 6.61 Å². The number of nitrogens with zero attached hydrogens (tertiary/aromatic N) is 3. The predicted molar refractivity (Wildman–Crippen MR) is 97.7 cm³/mol. The van der Waals surface area contributed by atoms with Crippen molar-refractivity contribution in [3.8, 4) is 0 Å². The van der Waals surface area contributed by atoms with Crippen molar-refractivity contribution in [3.05, 3.63) is 29.8 Å². The summed E-state index contributed by atoms with van der Waals surface area (Å²) in [4.78, 5) is 23.1. The third-order valence-corrected chi connectivity index (χ3v) is 4.13. The van der Waals surface area contributed by atoms with Crippen LogP contribution in [0.4, 0.5) is 5.82 Å². The Hall–Kier alpha value is -2.67. The van der Waals surface area contributed by atoms with Crippen LogP contribution in [-0.4, -0.2) is 47.8 Å². The highest BCUT2D eigenvalue weighted by molar-refractivity contribution is 6.08. The minimum Gasteiger partial charge on any atom is -0.462 e. The molecule has 1 aromatic carbocycles. The molecule has 2 aromatic heterocycles. The molecule has 0 unspecified atom stereocenters. The molecule has 7 heteroatoms. The van der Waals surface area contributed by atoms with Crippen LogP contribution in [0.2, 0.25) is 0 Å². The summed E-state index contributed by atoms with van der Waals surface area (Å²) < 4.78 is 7.06. The number of hydrogen-bond acceptors (Lipinski definition) is 5. The molecule has 132 valence electrons. The van der Waals surface area contributed by atoms with E-state index in [0.29, 0.717) is 29.1 Å². The first-order chi connectivity index (χ1) is 12.0. The largest absolute Gasteiger partial charge is 0.462 e. The third kappa shape index (κ3) is 3.28. The van der Waals surface area contributed by atoms with Crippen LogP contribution in [0.25, 0.3) is 22.2 Å². The molecule has 3 aromatic rings. The van der Waals surface area contributed by atoms with Crippen LogP contribution in [0.15, 0.2) is 24.3 Å². The maximum absolute atomic E-state index is 12.4. The fourth-order valence-corrected chi connectivity index (χ4v) is 2.94. The lowest BCUT2D eigenvalue weighted by molar-refractivity contribution is -0.858. The standard InChI is InChI=1S/C18H23N5O2/c1-4-25-18(24)14-15-17(21-13-9-6-5-8-12(13)20-15)23(16(14)19)11-7-10-22(2)3/h5-6,8-9H,4,7,10-11,19H2,1-3H3/p+1. The number of benzene rings is 1. The Kier molecular flexibility index (Phi) is 4.85. The Balaban J connectivity index is 2.17. The number of carbonyl (C=O) groups excluding carboxylic acids is 1. The van der Waals surface area contributed by atoms with Gasteiger partial charge in [0.1, 0.15) is 16.9 Å². The minimum atomic E-state index is -0.452. The third-order valence-electron chi connectivity index (χ3n) is 4.13. The highest BCUT2D eigenvalue weighted by Gasteiger charge is 2.24. The van der Waals surface area contributed by atoms with E-state index in [1.807, 2.05) is 28.8 Å². The van der Waals surface area contributed by atoms with Gasteiger partial charge >= 0.3 is 5.97 Å². The van der Waals surface area contributed by atoms with Gasteiger partial charge in [-0.2, -0.15) is 0 Å². The van der Waals surface area contributed by atoms with E-state index in [1.165, 1.54) is 4.90 Å². The molecular weight excluding hydrogens is 318 g/mol. The van der Waals surface area contributed by atoms with E-state index in [1.54, 1.807) is 6.92 Å². The Morgan fingerprint density at radius 1 is 1.24 bits per heavy atom. The molecular formula is C18H24N5O2+. The predicted octanol–water partition coefficient (Wildman–Crippen LogP) is 0.878. The lowest BCUT2D eigenvalue weighted by atomic mass is 10.2. The van der Waals surface area contributed by atoms with Gasteiger partial charge in [0, 0.05) is 13.0 Å². The van der Waals surface area contributed by atoms with E-state index in [4.69, 9.17) is 15.5 Å². The molecule has 7 nitrogen and oxygen atoms in total.